The van der Waals surface area contributed by atoms with Crippen LogP contribution in [0.15, 0.2) is 35.9 Å². The van der Waals surface area contributed by atoms with Crippen molar-refractivity contribution in [1.29, 1.82) is 0 Å². The van der Waals surface area contributed by atoms with Gasteiger partial charge in [-0.1, -0.05) is 43.4 Å². The smallest absolute Gasteiger partial charge is 0.200 e. The molecule has 0 bridgehead atoms. The molecule has 0 heterocycles. The number of benzene rings is 2. The normalized spacial score (nSPS) is 11.6. The minimum Gasteiger partial charge on any atom is -0.504 e. The molecule has 2 N–H and O–H groups in total. The van der Waals surface area contributed by atoms with Crippen LogP contribution in [0.4, 0.5) is 0 Å². The fraction of sp³-hybridized carbons (Fsp3) is 0.407. The zero-order chi connectivity index (χ0) is 24.6. The van der Waals surface area contributed by atoms with E-state index in [1.165, 1.54) is 24.3 Å². The third kappa shape index (κ3) is 8.63. The van der Waals surface area contributed by atoms with E-state index >= 15 is 0 Å². The molecule has 0 radical (unpaired) electrons. The fourth-order valence-corrected chi connectivity index (χ4v) is 3.98. The zero-order valence-electron chi connectivity index (χ0n) is 21.0. The highest BCUT2D eigenvalue weighted by atomic mass is 28.3. The molecule has 2 aromatic rings. The van der Waals surface area contributed by atoms with Crippen LogP contribution < -0.4 is 9.47 Å². The van der Waals surface area contributed by atoms with Gasteiger partial charge in [0.2, 0.25) is 5.75 Å². The monoisotopic (exact) mass is 470 g/mol. The molecule has 0 aliphatic carbocycles. The second-order valence-corrected chi connectivity index (χ2v) is 15.3. The zero-order valence-corrected chi connectivity index (χ0v) is 22.0. The number of phenolic OH excluding ortho intramolecular Hbond substituents is 2. The Labute approximate surface area is 199 Å². The van der Waals surface area contributed by atoms with Crippen molar-refractivity contribution in [2.24, 2.45) is 0 Å². The number of hydrogen-bond donors (Lipinski definition) is 2. The van der Waals surface area contributed by atoms with E-state index in [1.807, 2.05) is 24.3 Å². The summed E-state index contributed by atoms with van der Waals surface area (Å²) in [6.45, 7) is 14.2. The summed E-state index contributed by atoms with van der Waals surface area (Å²) in [6.07, 6.45) is 6.89. The lowest BCUT2D eigenvalue weighted by molar-refractivity contribution is 0.0220. The van der Waals surface area contributed by atoms with Crippen molar-refractivity contribution in [2.75, 3.05) is 20.5 Å². The van der Waals surface area contributed by atoms with Gasteiger partial charge < -0.3 is 24.4 Å². The van der Waals surface area contributed by atoms with Crippen LogP contribution in [0.1, 0.15) is 36.1 Å². The van der Waals surface area contributed by atoms with Gasteiger partial charge in [-0.2, -0.15) is 0 Å². The van der Waals surface area contributed by atoms with E-state index in [9.17, 15) is 10.2 Å². The summed E-state index contributed by atoms with van der Waals surface area (Å²) in [5.41, 5.74) is 5.34. The first-order valence-corrected chi connectivity index (χ1v) is 15.0. The maximum atomic E-state index is 9.99. The van der Waals surface area contributed by atoms with Crippen LogP contribution >= 0.6 is 0 Å². The topological polar surface area (TPSA) is 68.2 Å². The Balaban J connectivity index is 2.28. The molecule has 0 unspecified atom stereocenters. The SMILES string of the molecule is COc1cc(/C=C/c2cc(OCOCC[Si](C)(C)C)cc(C)c2CC=C(C)C)cc(O)c1O. The Morgan fingerprint density at radius 2 is 1.76 bits per heavy atom. The Morgan fingerprint density at radius 3 is 2.39 bits per heavy atom. The second kappa shape index (κ2) is 12.0. The van der Waals surface area contributed by atoms with Crippen molar-refractivity contribution in [3.05, 3.63) is 58.2 Å². The molecule has 0 spiro atoms. The maximum Gasteiger partial charge on any atom is 0.200 e. The molecule has 0 fully saturated rings. The fourth-order valence-electron chi connectivity index (χ4n) is 3.23. The highest BCUT2D eigenvalue weighted by molar-refractivity contribution is 6.76. The van der Waals surface area contributed by atoms with Gasteiger partial charge in [0, 0.05) is 14.7 Å². The van der Waals surface area contributed by atoms with Crippen molar-refractivity contribution < 1.29 is 24.4 Å². The number of aromatic hydroxyl groups is 2. The molecular weight excluding hydrogens is 432 g/mol. The Bertz CT molecular complexity index is 999. The standard InChI is InChI=1S/C27H38O5Si/c1-19(2)8-11-24-20(3)14-23(32-18-31-12-13-33(5,6)7)17-22(24)10-9-21-15-25(28)27(29)26(16-21)30-4/h8-10,14-17,28-29H,11-13,18H2,1-7H3/b10-9+. The number of phenols is 2. The molecule has 0 aliphatic heterocycles. The summed E-state index contributed by atoms with van der Waals surface area (Å²) in [5, 5.41) is 19.9. The van der Waals surface area contributed by atoms with Gasteiger partial charge in [0.1, 0.15) is 5.75 Å². The molecule has 0 saturated carbocycles. The van der Waals surface area contributed by atoms with Gasteiger partial charge in [0.25, 0.3) is 0 Å². The number of methoxy groups -OCH3 is 1. The minimum absolute atomic E-state index is 0.220. The van der Waals surface area contributed by atoms with E-state index in [2.05, 4.69) is 46.5 Å². The van der Waals surface area contributed by atoms with E-state index in [-0.39, 0.29) is 24.0 Å². The van der Waals surface area contributed by atoms with Crippen molar-refractivity contribution in [3.63, 3.8) is 0 Å². The summed E-state index contributed by atoms with van der Waals surface area (Å²) in [6, 6.07) is 8.35. The van der Waals surface area contributed by atoms with Crippen LogP contribution in [0.5, 0.6) is 23.0 Å². The first-order valence-electron chi connectivity index (χ1n) is 11.3. The average Bonchev–Trinajstić information content (AvgIpc) is 2.72. The van der Waals surface area contributed by atoms with Crippen LogP contribution in [0.25, 0.3) is 12.2 Å². The molecule has 0 amide bonds. The quantitative estimate of drug-likeness (QED) is 0.0945. The lowest BCUT2D eigenvalue weighted by Crippen LogP contribution is -2.22. The molecule has 2 aromatic carbocycles. The average molecular weight is 471 g/mol. The third-order valence-corrected chi connectivity index (χ3v) is 6.96. The van der Waals surface area contributed by atoms with Crippen LogP contribution in [-0.4, -0.2) is 38.8 Å². The molecule has 5 nitrogen and oxygen atoms in total. The molecule has 180 valence electrons. The van der Waals surface area contributed by atoms with Crippen molar-refractivity contribution in [2.45, 2.75) is 52.9 Å². The van der Waals surface area contributed by atoms with Gasteiger partial charge in [-0.15, -0.1) is 0 Å². The largest absolute Gasteiger partial charge is 0.504 e. The Kier molecular flexibility index (Phi) is 9.62. The minimum atomic E-state index is -1.13. The molecule has 0 aromatic heterocycles. The number of ether oxygens (including phenoxy) is 3. The van der Waals surface area contributed by atoms with Gasteiger partial charge in [-0.05, 0) is 79.8 Å². The third-order valence-electron chi connectivity index (χ3n) is 5.25. The lowest BCUT2D eigenvalue weighted by Gasteiger charge is -2.16. The van der Waals surface area contributed by atoms with Crippen molar-refractivity contribution in [1.82, 2.24) is 0 Å². The van der Waals surface area contributed by atoms with Gasteiger partial charge >= 0.3 is 0 Å². The highest BCUT2D eigenvalue weighted by Crippen LogP contribution is 2.37. The van der Waals surface area contributed by atoms with Crippen LogP contribution in [-0.2, 0) is 11.2 Å². The number of rotatable bonds is 11. The summed E-state index contributed by atoms with van der Waals surface area (Å²) in [7, 11) is 0.328. The Morgan fingerprint density at radius 1 is 1.03 bits per heavy atom. The van der Waals surface area contributed by atoms with Gasteiger partial charge in [-0.3, -0.25) is 0 Å². The summed E-state index contributed by atoms with van der Waals surface area (Å²) < 4.78 is 16.7. The summed E-state index contributed by atoms with van der Waals surface area (Å²) >= 11 is 0. The van der Waals surface area contributed by atoms with E-state index in [0.29, 0.717) is 12.2 Å². The summed E-state index contributed by atoms with van der Waals surface area (Å²) in [4.78, 5) is 0. The van der Waals surface area contributed by atoms with Crippen molar-refractivity contribution in [3.8, 4) is 23.0 Å². The molecule has 0 atom stereocenters. The molecule has 6 heteroatoms. The predicted molar refractivity (Wildman–Crippen MR) is 139 cm³/mol. The molecule has 2 rings (SSSR count). The van der Waals surface area contributed by atoms with E-state index in [0.717, 1.165) is 29.3 Å². The molecule has 33 heavy (non-hydrogen) atoms. The number of allylic oxidation sites excluding steroid dienone is 2. The number of aryl methyl sites for hydroxylation is 1. The molecule has 0 saturated heterocycles. The second-order valence-electron chi connectivity index (χ2n) is 9.70. The first kappa shape index (κ1) is 26.5. The van der Waals surface area contributed by atoms with Gasteiger partial charge in [0.05, 0.1) is 7.11 Å². The van der Waals surface area contributed by atoms with E-state index < -0.39 is 8.07 Å². The maximum absolute atomic E-state index is 9.99. The first-order chi connectivity index (χ1) is 15.5. The van der Waals surface area contributed by atoms with Crippen molar-refractivity contribution >= 4 is 20.2 Å². The van der Waals surface area contributed by atoms with Crippen LogP contribution in [0.3, 0.4) is 0 Å². The molecular formula is C27H38O5Si. The predicted octanol–water partition coefficient (Wildman–Crippen LogP) is 6.79. The molecule has 0 aliphatic rings. The highest BCUT2D eigenvalue weighted by Gasteiger charge is 2.13. The van der Waals surface area contributed by atoms with E-state index in [1.54, 1.807) is 6.07 Å². The van der Waals surface area contributed by atoms with Gasteiger partial charge in [0.15, 0.2) is 18.3 Å². The summed E-state index contributed by atoms with van der Waals surface area (Å²) in [5.74, 6) is 0.497. The van der Waals surface area contributed by atoms with E-state index in [4.69, 9.17) is 14.2 Å². The lowest BCUT2D eigenvalue weighted by atomic mass is 9.96. The van der Waals surface area contributed by atoms with Crippen LogP contribution in [0, 0.1) is 6.92 Å². The van der Waals surface area contributed by atoms with Crippen LogP contribution in [0.2, 0.25) is 25.7 Å². The van der Waals surface area contributed by atoms with Gasteiger partial charge in [-0.25, -0.2) is 0 Å². The number of hydrogen-bond acceptors (Lipinski definition) is 5. The Hall–Kier alpha value is -2.70.